The molecule has 2 nitrogen and oxygen atoms in total. The van der Waals surface area contributed by atoms with Crippen molar-refractivity contribution in [2.45, 2.75) is 38.7 Å². The predicted molar refractivity (Wildman–Crippen MR) is 129 cm³/mol. The van der Waals surface area contributed by atoms with Gasteiger partial charge in [0.1, 0.15) is 0 Å². The van der Waals surface area contributed by atoms with Gasteiger partial charge in [0, 0.05) is 11.1 Å². The number of hydrogen-bond acceptors (Lipinski definition) is 2. The Kier molecular flexibility index (Phi) is 7.91. The van der Waals surface area contributed by atoms with E-state index in [4.69, 9.17) is 9.47 Å². The summed E-state index contributed by atoms with van der Waals surface area (Å²) in [6.07, 6.45) is 4.58. The summed E-state index contributed by atoms with van der Waals surface area (Å²) >= 11 is 0. The highest BCUT2D eigenvalue weighted by Crippen LogP contribution is 2.35. The Morgan fingerprint density at radius 3 is 2.20 bits per heavy atom. The zero-order valence-electron chi connectivity index (χ0n) is 19.6. The third kappa shape index (κ3) is 5.43. The van der Waals surface area contributed by atoms with Crippen molar-refractivity contribution in [3.8, 4) is 16.9 Å². The van der Waals surface area contributed by atoms with Crippen LogP contribution in [0.25, 0.3) is 17.2 Å². The molecule has 1 heterocycles. The predicted octanol–water partition coefficient (Wildman–Crippen LogP) is 8.05. The van der Waals surface area contributed by atoms with Gasteiger partial charge < -0.3 is 9.47 Å². The zero-order chi connectivity index (χ0) is 24.9. The van der Waals surface area contributed by atoms with Crippen molar-refractivity contribution in [3.05, 3.63) is 95.1 Å². The Labute approximate surface area is 203 Å². The van der Waals surface area contributed by atoms with Crippen molar-refractivity contribution < 1.29 is 27.0 Å². The fraction of sp³-hybridized carbons (Fsp3) is 0.310. The second-order valence-electron chi connectivity index (χ2n) is 8.75. The van der Waals surface area contributed by atoms with Crippen molar-refractivity contribution in [1.29, 1.82) is 0 Å². The van der Waals surface area contributed by atoms with Crippen LogP contribution in [0.5, 0.6) is 5.75 Å². The van der Waals surface area contributed by atoms with Gasteiger partial charge >= 0.3 is 0 Å². The van der Waals surface area contributed by atoms with Crippen LogP contribution in [0.3, 0.4) is 0 Å². The SMILES string of the molecule is C=Cc1ccc(C2CCC(CCc3ccc(-c4ccc(OCC)c(F)c4F)c(F)c3F)CO2)cc1. The lowest BCUT2D eigenvalue weighted by Crippen LogP contribution is -2.21. The molecule has 1 aliphatic rings. The first kappa shape index (κ1) is 25.0. The smallest absolute Gasteiger partial charge is 0.201 e. The van der Waals surface area contributed by atoms with E-state index in [9.17, 15) is 17.6 Å². The van der Waals surface area contributed by atoms with Gasteiger partial charge in [-0.2, -0.15) is 4.39 Å². The first-order chi connectivity index (χ1) is 16.9. The molecule has 0 amide bonds. The quantitative estimate of drug-likeness (QED) is 0.301. The highest BCUT2D eigenvalue weighted by atomic mass is 19.2. The third-order valence-electron chi connectivity index (χ3n) is 6.54. The summed E-state index contributed by atoms with van der Waals surface area (Å²) in [4.78, 5) is 0. The standard InChI is InChI=1S/C29H28F4O2/c1-3-18-5-9-20(10-6-18)24-15-8-19(17-35-24)7-11-21-12-13-22(27(31)26(21)30)23-14-16-25(34-4-2)29(33)28(23)32/h3,5-6,9-10,12-14,16,19,24H,1,4,7-8,11,15,17H2,2H3. The Morgan fingerprint density at radius 1 is 0.886 bits per heavy atom. The van der Waals surface area contributed by atoms with Crippen LogP contribution in [-0.4, -0.2) is 13.2 Å². The molecule has 0 spiro atoms. The van der Waals surface area contributed by atoms with Crippen molar-refractivity contribution in [2.24, 2.45) is 5.92 Å². The molecule has 4 rings (SSSR count). The fourth-order valence-corrected chi connectivity index (χ4v) is 4.50. The summed E-state index contributed by atoms with van der Waals surface area (Å²) < 4.78 is 69.4. The summed E-state index contributed by atoms with van der Waals surface area (Å²) in [5.41, 5.74) is 1.72. The van der Waals surface area contributed by atoms with Crippen LogP contribution in [0.1, 0.15) is 49.0 Å². The second kappa shape index (κ2) is 11.1. The van der Waals surface area contributed by atoms with Gasteiger partial charge in [0.15, 0.2) is 23.2 Å². The van der Waals surface area contributed by atoms with E-state index >= 15 is 0 Å². The Balaban J connectivity index is 1.39. The molecule has 2 atom stereocenters. The van der Waals surface area contributed by atoms with E-state index in [1.165, 1.54) is 24.3 Å². The van der Waals surface area contributed by atoms with Gasteiger partial charge in [-0.1, -0.05) is 49.1 Å². The summed E-state index contributed by atoms with van der Waals surface area (Å²) in [5, 5.41) is 0. The molecule has 184 valence electrons. The normalized spacial score (nSPS) is 17.9. The van der Waals surface area contributed by atoms with Gasteiger partial charge in [0.25, 0.3) is 0 Å². The summed E-state index contributed by atoms with van der Waals surface area (Å²) in [7, 11) is 0. The lowest BCUT2D eigenvalue weighted by molar-refractivity contribution is -0.0192. The minimum absolute atomic E-state index is 0.0305. The first-order valence-corrected chi connectivity index (χ1v) is 11.8. The molecule has 3 aromatic rings. The van der Waals surface area contributed by atoms with Crippen LogP contribution in [0.15, 0.2) is 55.1 Å². The fourth-order valence-electron chi connectivity index (χ4n) is 4.50. The number of benzene rings is 3. The van der Waals surface area contributed by atoms with E-state index in [0.717, 1.165) is 24.0 Å². The molecule has 0 N–H and O–H groups in total. The van der Waals surface area contributed by atoms with E-state index in [2.05, 4.69) is 6.58 Å². The molecule has 3 aromatic carbocycles. The average Bonchev–Trinajstić information content (AvgIpc) is 2.89. The maximum atomic E-state index is 14.8. The molecular formula is C29H28F4O2. The van der Waals surface area contributed by atoms with E-state index in [-0.39, 0.29) is 41.1 Å². The monoisotopic (exact) mass is 484 g/mol. The van der Waals surface area contributed by atoms with Crippen molar-refractivity contribution in [1.82, 2.24) is 0 Å². The summed E-state index contributed by atoms with van der Waals surface area (Å²) in [6.45, 7) is 6.10. The minimum Gasteiger partial charge on any atom is -0.491 e. The molecule has 1 aliphatic heterocycles. The van der Waals surface area contributed by atoms with E-state index in [0.29, 0.717) is 19.4 Å². The van der Waals surface area contributed by atoms with Gasteiger partial charge in [0.2, 0.25) is 5.82 Å². The van der Waals surface area contributed by atoms with Crippen LogP contribution in [0.2, 0.25) is 0 Å². The molecule has 1 fully saturated rings. The largest absolute Gasteiger partial charge is 0.491 e. The number of halogens is 4. The highest BCUT2D eigenvalue weighted by molar-refractivity contribution is 5.66. The molecule has 0 radical (unpaired) electrons. The topological polar surface area (TPSA) is 18.5 Å². The maximum Gasteiger partial charge on any atom is 0.201 e. The van der Waals surface area contributed by atoms with Gasteiger partial charge in [-0.3, -0.25) is 0 Å². The molecule has 0 aromatic heterocycles. The van der Waals surface area contributed by atoms with Crippen LogP contribution in [-0.2, 0) is 11.2 Å². The molecule has 0 bridgehead atoms. The summed E-state index contributed by atoms with van der Waals surface area (Å²) in [5.74, 6) is -4.74. The van der Waals surface area contributed by atoms with Gasteiger partial charge in [-0.25, -0.2) is 13.2 Å². The number of hydrogen-bond donors (Lipinski definition) is 0. The molecular weight excluding hydrogens is 456 g/mol. The Morgan fingerprint density at radius 2 is 1.57 bits per heavy atom. The van der Waals surface area contributed by atoms with E-state index in [1.54, 1.807) is 13.0 Å². The lowest BCUT2D eigenvalue weighted by atomic mass is 9.89. The van der Waals surface area contributed by atoms with Gasteiger partial charge in [-0.15, -0.1) is 0 Å². The van der Waals surface area contributed by atoms with Crippen molar-refractivity contribution >= 4 is 6.08 Å². The molecule has 1 saturated heterocycles. The van der Waals surface area contributed by atoms with Crippen LogP contribution in [0.4, 0.5) is 17.6 Å². The highest BCUT2D eigenvalue weighted by Gasteiger charge is 2.25. The number of aryl methyl sites for hydroxylation is 1. The van der Waals surface area contributed by atoms with E-state index in [1.807, 2.05) is 24.3 Å². The Bertz CT molecular complexity index is 1180. The maximum absolute atomic E-state index is 14.8. The Hall–Kier alpha value is -3.12. The molecule has 2 unspecified atom stereocenters. The van der Waals surface area contributed by atoms with Crippen LogP contribution in [0, 0.1) is 29.2 Å². The number of rotatable bonds is 8. The first-order valence-electron chi connectivity index (χ1n) is 11.8. The van der Waals surface area contributed by atoms with Crippen molar-refractivity contribution in [2.75, 3.05) is 13.2 Å². The molecule has 35 heavy (non-hydrogen) atoms. The molecule has 6 heteroatoms. The average molecular weight is 485 g/mol. The lowest BCUT2D eigenvalue weighted by Gasteiger charge is -2.29. The van der Waals surface area contributed by atoms with Crippen LogP contribution >= 0.6 is 0 Å². The third-order valence-corrected chi connectivity index (χ3v) is 6.54. The second-order valence-corrected chi connectivity index (χ2v) is 8.75. The van der Waals surface area contributed by atoms with Gasteiger partial charge in [-0.05, 0) is 67.3 Å². The molecule has 0 saturated carbocycles. The van der Waals surface area contributed by atoms with Crippen LogP contribution < -0.4 is 4.74 Å². The molecule has 0 aliphatic carbocycles. The van der Waals surface area contributed by atoms with Gasteiger partial charge in [0.05, 0.1) is 19.3 Å². The summed E-state index contributed by atoms with van der Waals surface area (Å²) in [6, 6.07) is 13.2. The number of ether oxygens (including phenoxy) is 2. The zero-order valence-corrected chi connectivity index (χ0v) is 19.6. The minimum atomic E-state index is -1.27. The van der Waals surface area contributed by atoms with E-state index < -0.39 is 23.3 Å². The van der Waals surface area contributed by atoms with Crippen molar-refractivity contribution in [3.63, 3.8) is 0 Å².